The van der Waals surface area contributed by atoms with Gasteiger partial charge in [0.2, 0.25) is 0 Å². The zero-order chi connectivity index (χ0) is 18.6. The van der Waals surface area contributed by atoms with Gasteiger partial charge in [0.25, 0.3) is 5.91 Å². The van der Waals surface area contributed by atoms with Gasteiger partial charge in [-0.3, -0.25) is 4.79 Å². The Kier molecular flexibility index (Phi) is 3.44. The highest BCUT2D eigenvalue weighted by atomic mass is 16.5. The van der Waals surface area contributed by atoms with Crippen LogP contribution < -0.4 is 4.74 Å². The van der Waals surface area contributed by atoms with E-state index in [-0.39, 0.29) is 11.5 Å². The molecule has 5 rings (SSSR count). The molecule has 4 nitrogen and oxygen atoms in total. The predicted octanol–water partition coefficient (Wildman–Crippen LogP) is 4.55. The fraction of sp³-hybridized carbons (Fsp3) is 0.261. The molecule has 0 radical (unpaired) electrons. The summed E-state index contributed by atoms with van der Waals surface area (Å²) in [5.74, 6) is 0.960. The maximum atomic E-state index is 13.1. The van der Waals surface area contributed by atoms with Crippen LogP contribution >= 0.6 is 0 Å². The molecule has 0 aliphatic carbocycles. The van der Waals surface area contributed by atoms with Gasteiger partial charge in [0.1, 0.15) is 17.0 Å². The van der Waals surface area contributed by atoms with Crippen molar-refractivity contribution in [2.24, 2.45) is 0 Å². The second-order valence-corrected chi connectivity index (χ2v) is 7.88. The Hall–Kier alpha value is -3.01. The molecule has 1 aromatic heterocycles. The average molecular weight is 358 g/mol. The number of ether oxygens (including phenoxy) is 1. The Morgan fingerprint density at radius 2 is 1.96 bits per heavy atom. The zero-order valence-corrected chi connectivity index (χ0v) is 15.6. The summed E-state index contributed by atoms with van der Waals surface area (Å²) in [6.07, 6.45) is 5.07. The highest BCUT2D eigenvalue weighted by Gasteiger charge is 2.31. The lowest BCUT2D eigenvalue weighted by atomic mass is 9.95. The number of H-pyrrole nitrogens is 1. The first-order valence-electron chi connectivity index (χ1n) is 9.41. The van der Waals surface area contributed by atoms with Crippen molar-refractivity contribution in [3.8, 4) is 5.75 Å². The molecule has 0 unspecified atom stereocenters. The van der Waals surface area contributed by atoms with Gasteiger partial charge in [-0.05, 0) is 49.6 Å². The number of rotatable bonds is 2. The molecule has 0 bridgehead atoms. The topological polar surface area (TPSA) is 45.3 Å². The van der Waals surface area contributed by atoms with Gasteiger partial charge in [-0.1, -0.05) is 36.4 Å². The Balaban J connectivity index is 1.56. The zero-order valence-electron chi connectivity index (χ0n) is 15.6. The van der Waals surface area contributed by atoms with Gasteiger partial charge in [0.15, 0.2) is 0 Å². The van der Waals surface area contributed by atoms with Crippen LogP contribution in [0.3, 0.4) is 0 Å². The van der Waals surface area contributed by atoms with Crippen molar-refractivity contribution in [3.63, 3.8) is 0 Å². The molecule has 136 valence electrons. The van der Waals surface area contributed by atoms with Gasteiger partial charge in [-0.25, -0.2) is 0 Å². The minimum absolute atomic E-state index is 0.0751. The predicted molar refractivity (Wildman–Crippen MR) is 107 cm³/mol. The number of carbonyl (C=O) groups is 1. The van der Waals surface area contributed by atoms with E-state index in [1.807, 2.05) is 49.1 Å². The van der Waals surface area contributed by atoms with Crippen molar-refractivity contribution in [3.05, 3.63) is 70.9 Å². The molecule has 0 saturated carbocycles. The molecule has 3 aromatic rings. The van der Waals surface area contributed by atoms with E-state index in [0.717, 1.165) is 52.0 Å². The minimum Gasteiger partial charge on any atom is -0.483 e. The number of aromatic nitrogens is 1. The molecule has 3 heterocycles. The van der Waals surface area contributed by atoms with Crippen molar-refractivity contribution in [2.45, 2.75) is 32.4 Å². The third-order valence-electron chi connectivity index (χ3n) is 5.44. The monoisotopic (exact) mass is 358 g/mol. The number of fused-ring (bicyclic) bond motifs is 5. The van der Waals surface area contributed by atoms with Crippen LogP contribution in [0.2, 0.25) is 0 Å². The third kappa shape index (κ3) is 2.64. The summed E-state index contributed by atoms with van der Waals surface area (Å²) in [7, 11) is 0. The molecule has 2 aliphatic rings. The standard InChI is InChI=1S/C23H22N2O2/c1-23(2)12-10-16-19(27-23)9-8-18-20(16)17-11-13-25(22(26)21(17)24-18)14-15-6-4-3-5-7-15/h3-10,12,24H,11,13-14H2,1-2H3. The number of hydrogen-bond acceptors (Lipinski definition) is 2. The first kappa shape index (κ1) is 16.2. The fourth-order valence-electron chi connectivity index (χ4n) is 4.11. The summed E-state index contributed by atoms with van der Waals surface area (Å²) in [6, 6.07) is 14.2. The molecule has 0 spiro atoms. The highest BCUT2D eigenvalue weighted by Crippen LogP contribution is 2.39. The number of benzene rings is 2. The molecule has 4 heteroatoms. The molecule has 0 saturated heterocycles. The number of amides is 1. The summed E-state index contributed by atoms with van der Waals surface area (Å²) < 4.78 is 6.12. The van der Waals surface area contributed by atoms with E-state index in [4.69, 9.17) is 4.74 Å². The van der Waals surface area contributed by atoms with Crippen molar-refractivity contribution in [1.29, 1.82) is 0 Å². The lowest BCUT2D eigenvalue weighted by Gasteiger charge is -2.29. The van der Waals surface area contributed by atoms with Crippen LogP contribution in [0, 0.1) is 0 Å². The van der Waals surface area contributed by atoms with E-state index in [9.17, 15) is 4.79 Å². The van der Waals surface area contributed by atoms with Gasteiger partial charge in [0.05, 0.1) is 0 Å². The molecule has 2 aromatic carbocycles. The van der Waals surface area contributed by atoms with Crippen molar-refractivity contribution >= 4 is 22.9 Å². The highest BCUT2D eigenvalue weighted by molar-refractivity contribution is 6.05. The van der Waals surface area contributed by atoms with Crippen molar-refractivity contribution in [1.82, 2.24) is 9.88 Å². The van der Waals surface area contributed by atoms with Crippen LogP contribution in [0.4, 0.5) is 0 Å². The summed E-state index contributed by atoms with van der Waals surface area (Å²) in [6.45, 7) is 5.47. The smallest absolute Gasteiger partial charge is 0.270 e. The Morgan fingerprint density at radius 1 is 1.15 bits per heavy atom. The van der Waals surface area contributed by atoms with Crippen LogP contribution in [0.1, 0.15) is 41.0 Å². The average Bonchev–Trinajstić information content (AvgIpc) is 3.04. The van der Waals surface area contributed by atoms with Gasteiger partial charge < -0.3 is 14.6 Å². The Morgan fingerprint density at radius 3 is 2.78 bits per heavy atom. The van der Waals surface area contributed by atoms with E-state index in [0.29, 0.717) is 6.54 Å². The summed E-state index contributed by atoms with van der Waals surface area (Å²) in [5.41, 5.74) is 4.76. The SMILES string of the molecule is CC1(C)C=Cc2c(ccc3[nH]c4c(c23)CCN(Cc2ccccc2)C4=O)O1. The summed E-state index contributed by atoms with van der Waals surface area (Å²) in [4.78, 5) is 18.4. The molecule has 1 amide bonds. The van der Waals surface area contributed by atoms with Crippen LogP contribution in [0.5, 0.6) is 5.75 Å². The maximum absolute atomic E-state index is 13.1. The molecule has 1 N–H and O–H groups in total. The molecular weight excluding hydrogens is 336 g/mol. The lowest BCUT2D eigenvalue weighted by Crippen LogP contribution is -2.37. The Bertz CT molecular complexity index is 1080. The largest absolute Gasteiger partial charge is 0.483 e. The number of carbonyl (C=O) groups excluding carboxylic acids is 1. The molecular formula is C23H22N2O2. The number of nitrogens with zero attached hydrogens (tertiary/aromatic N) is 1. The number of nitrogens with one attached hydrogen (secondary N) is 1. The molecule has 0 fully saturated rings. The van der Waals surface area contributed by atoms with E-state index in [1.165, 1.54) is 0 Å². The second kappa shape index (κ2) is 5.74. The van der Waals surface area contributed by atoms with Crippen molar-refractivity contribution < 1.29 is 9.53 Å². The van der Waals surface area contributed by atoms with Crippen molar-refractivity contribution in [2.75, 3.05) is 6.54 Å². The first-order chi connectivity index (χ1) is 13.0. The number of aromatic amines is 1. The normalized spacial score (nSPS) is 17.6. The van der Waals surface area contributed by atoms with Gasteiger partial charge in [-0.15, -0.1) is 0 Å². The van der Waals surface area contributed by atoms with E-state index in [1.54, 1.807) is 0 Å². The fourth-order valence-corrected chi connectivity index (χ4v) is 4.11. The quantitative estimate of drug-likeness (QED) is 0.730. The second-order valence-electron chi connectivity index (χ2n) is 7.88. The lowest BCUT2D eigenvalue weighted by molar-refractivity contribution is 0.0722. The van der Waals surface area contributed by atoms with Gasteiger partial charge in [-0.2, -0.15) is 0 Å². The van der Waals surface area contributed by atoms with E-state index in [2.05, 4.69) is 29.3 Å². The summed E-state index contributed by atoms with van der Waals surface area (Å²) in [5, 5.41) is 1.13. The van der Waals surface area contributed by atoms with Crippen LogP contribution in [0.15, 0.2) is 48.5 Å². The molecule has 27 heavy (non-hydrogen) atoms. The molecule has 2 aliphatic heterocycles. The first-order valence-corrected chi connectivity index (χ1v) is 9.41. The van der Waals surface area contributed by atoms with E-state index < -0.39 is 0 Å². The third-order valence-corrected chi connectivity index (χ3v) is 5.44. The minimum atomic E-state index is -0.306. The van der Waals surface area contributed by atoms with E-state index >= 15 is 0 Å². The van der Waals surface area contributed by atoms with Gasteiger partial charge in [0, 0.05) is 29.6 Å². The molecule has 0 atom stereocenters. The summed E-state index contributed by atoms with van der Waals surface area (Å²) >= 11 is 0. The number of hydrogen-bond donors (Lipinski definition) is 1. The maximum Gasteiger partial charge on any atom is 0.270 e. The van der Waals surface area contributed by atoms with Crippen LogP contribution in [-0.4, -0.2) is 27.9 Å². The van der Waals surface area contributed by atoms with Crippen LogP contribution in [0.25, 0.3) is 17.0 Å². The van der Waals surface area contributed by atoms with Gasteiger partial charge >= 0.3 is 0 Å². The Labute approximate surface area is 158 Å². The van der Waals surface area contributed by atoms with Crippen LogP contribution in [-0.2, 0) is 13.0 Å².